The summed E-state index contributed by atoms with van der Waals surface area (Å²) < 4.78 is 3.06. The third kappa shape index (κ3) is 3.42. The zero-order chi connectivity index (χ0) is 22.2. The fourth-order valence-electron chi connectivity index (χ4n) is 4.40. The highest BCUT2D eigenvalue weighted by molar-refractivity contribution is 7.18. The summed E-state index contributed by atoms with van der Waals surface area (Å²) in [6, 6.07) is 7.47. The number of carbonyl (C=O) groups excluding carboxylic acids is 1. The minimum absolute atomic E-state index is 0.0187. The van der Waals surface area contributed by atoms with Gasteiger partial charge in [-0.3, -0.25) is 14.2 Å². The topological polar surface area (TPSA) is 102 Å². The Bertz CT molecular complexity index is 1430. The van der Waals surface area contributed by atoms with Gasteiger partial charge in [0, 0.05) is 16.8 Å². The molecule has 5 rings (SSSR count). The van der Waals surface area contributed by atoms with Gasteiger partial charge in [-0.05, 0) is 43.7 Å². The van der Waals surface area contributed by atoms with Gasteiger partial charge in [-0.2, -0.15) is 0 Å². The summed E-state index contributed by atoms with van der Waals surface area (Å²) >= 11 is 1.58. The zero-order valence-corrected chi connectivity index (χ0v) is 18.6. The molecule has 4 aromatic rings. The first-order valence-electron chi connectivity index (χ1n) is 10.8. The summed E-state index contributed by atoms with van der Waals surface area (Å²) in [6.45, 7) is 2.40. The third-order valence-electron chi connectivity index (χ3n) is 5.87. The molecule has 0 radical (unpaired) electrons. The van der Waals surface area contributed by atoms with Crippen molar-refractivity contribution >= 4 is 44.1 Å². The highest BCUT2D eigenvalue weighted by atomic mass is 32.1. The van der Waals surface area contributed by atoms with Crippen molar-refractivity contribution in [2.24, 2.45) is 10.2 Å². The molecule has 0 atom stereocenters. The summed E-state index contributed by atoms with van der Waals surface area (Å²) in [5.41, 5.74) is 1.97. The summed E-state index contributed by atoms with van der Waals surface area (Å²) in [5, 5.41) is 19.8. The number of fused-ring (bicyclic) bond motifs is 4. The first-order valence-corrected chi connectivity index (χ1v) is 11.6. The molecule has 8 nitrogen and oxygen atoms in total. The molecule has 1 aliphatic carbocycles. The van der Waals surface area contributed by atoms with Crippen LogP contribution in [0, 0.1) is 0 Å². The summed E-state index contributed by atoms with van der Waals surface area (Å²) in [5.74, 6) is -0.598. The highest BCUT2D eigenvalue weighted by Crippen LogP contribution is 2.39. The molecule has 0 aliphatic heterocycles. The van der Waals surface area contributed by atoms with Crippen molar-refractivity contribution in [3.63, 3.8) is 0 Å². The van der Waals surface area contributed by atoms with Crippen molar-refractivity contribution in [3.8, 4) is 5.88 Å². The quantitative estimate of drug-likeness (QED) is 0.446. The molecule has 0 unspecified atom stereocenters. The molecule has 164 valence electrons. The van der Waals surface area contributed by atoms with E-state index in [1.165, 1.54) is 15.8 Å². The second kappa shape index (κ2) is 8.31. The van der Waals surface area contributed by atoms with E-state index in [-0.39, 0.29) is 23.7 Å². The number of aromatic hydroxyl groups is 1. The number of carbonyl (C=O) groups is 1. The predicted octanol–water partition coefficient (Wildman–Crippen LogP) is 4.72. The number of hydrogen-bond acceptors (Lipinski definition) is 6. The molecule has 0 saturated carbocycles. The average molecular weight is 450 g/mol. The fraction of sp³-hybridized carbons (Fsp3) is 0.348. The average Bonchev–Trinajstić information content (AvgIpc) is 3.30. The molecule has 0 fully saturated rings. The Morgan fingerprint density at radius 3 is 2.91 bits per heavy atom. The number of nitrogens with zero attached hydrogens (tertiary/aromatic N) is 5. The molecule has 1 N–H and O–H groups in total. The molecule has 9 heteroatoms. The molecule has 3 aromatic heterocycles. The number of hydrogen-bond donors (Lipinski definition) is 1. The standard InChI is InChI=1S/C23H23N5O3S/c1-2-11-28-16-9-5-3-7-14(16)20(23(28)31)26-25-18(29)12-27-13-24-21-19(22(27)30)15-8-4-6-10-17(15)32-21/h3,5,7,9,13,31H,2,4,6,8,10-12H2,1H3. The predicted molar refractivity (Wildman–Crippen MR) is 124 cm³/mol. The van der Waals surface area contributed by atoms with Crippen LogP contribution < -0.4 is 5.56 Å². The Hall–Kier alpha value is -3.33. The molecular formula is C23H23N5O3S. The minimum Gasteiger partial charge on any atom is -0.493 e. The maximum Gasteiger partial charge on any atom is 0.284 e. The smallest absolute Gasteiger partial charge is 0.284 e. The number of para-hydroxylation sites is 1. The van der Waals surface area contributed by atoms with Gasteiger partial charge in [0.25, 0.3) is 11.5 Å². The van der Waals surface area contributed by atoms with E-state index in [1.54, 1.807) is 15.9 Å². The van der Waals surface area contributed by atoms with E-state index >= 15 is 0 Å². The molecule has 1 amide bonds. The second-order valence-electron chi connectivity index (χ2n) is 8.00. The number of aromatic nitrogens is 3. The lowest BCUT2D eigenvalue weighted by Gasteiger charge is -2.10. The van der Waals surface area contributed by atoms with Gasteiger partial charge < -0.3 is 9.67 Å². The number of aryl methyl sites for hydroxylation is 3. The van der Waals surface area contributed by atoms with E-state index in [2.05, 4.69) is 15.2 Å². The number of rotatable bonds is 5. The van der Waals surface area contributed by atoms with Gasteiger partial charge in [0.15, 0.2) is 5.69 Å². The summed E-state index contributed by atoms with van der Waals surface area (Å²) in [6.07, 6.45) is 6.31. The number of benzene rings is 1. The van der Waals surface area contributed by atoms with Gasteiger partial charge in [-0.15, -0.1) is 21.6 Å². The lowest BCUT2D eigenvalue weighted by Crippen LogP contribution is -2.24. The van der Waals surface area contributed by atoms with E-state index in [4.69, 9.17) is 0 Å². The number of amides is 1. The Morgan fingerprint density at radius 1 is 1.25 bits per heavy atom. The van der Waals surface area contributed by atoms with Crippen LogP contribution in [0.2, 0.25) is 0 Å². The summed E-state index contributed by atoms with van der Waals surface area (Å²) in [4.78, 5) is 32.0. The number of thiophene rings is 1. The van der Waals surface area contributed by atoms with Gasteiger partial charge >= 0.3 is 0 Å². The third-order valence-corrected chi connectivity index (χ3v) is 7.07. The molecule has 1 aliphatic rings. The second-order valence-corrected chi connectivity index (χ2v) is 9.09. The van der Waals surface area contributed by atoms with E-state index in [9.17, 15) is 14.7 Å². The Labute approximate surface area is 187 Å². The first-order chi connectivity index (χ1) is 15.6. The van der Waals surface area contributed by atoms with E-state index in [1.807, 2.05) is 31.2 Å². The fourth-order valence-corrected chi connectivity index (χ4v) is 5.62. The van der Waals surface area contributed by atoms with Gasteiger partial charge in [0.2, 0.25) is 5.88 Å². The van der Waals surface area contributed by atoms with Crippen LogP contribution in [0.5, 0.6) is 5.88 Å². The van der Waals surface area contributed by atoms with Crippen LogP contribution in [-0.4, -0.2) is 25.1 Å². The van der Waals surface area contributed by atoms with Crippen molar-refractivity contribution in [3.05, 3.63) is 51.4 Å². The van der Waals surface area contributed by atoms with Crippen LogP contribution in [0.15, 0.2) is 45.6 Å². The van der Waals surface area contributed by atoms with Gasteiger partial charge in [-0.1, -0.05) is 25.1 Å². The Balaban J connectivity index is 1.45. The SMILES string of the molecule is CCCn1c(O)c(N=NC(=O)Cn2cnc3sc4c(c3c2=O)CCCC4)c2ccccc21. The Morgan fingerprint density at radius 2 is 2.06 bits per heavy atom. The van der Waals surface area contributed by atoms with E-state index in [0.717, 1.165) is 53.4 Å². The Kier molecular flexibility index (Phi) is 5.34. The van der Waals surface area contributed by atoms with Crippen molar-refractivity contribution in [2.45, 2.75) is 52.1 Å². The maximum atomic E-state index is 13.0. The minimum atomic E-state index is -0.580. The van der Waals surface area contributed by atoms with E-state index in [0.29, 0.717) is 11.9 Å². The van der Waals surface area contributed by atoms with Gasteiger partial charge in [0.05, 0.1) is 17.2 Å². The monoisotopic (exact) mass is 449 g/mol. The molecule has 0 bridgehead atoms. The molecular weight excluding hydrogens is 426 g/mol. The van der Waals surface area contributed by atoms with E-state index < -0.39 is 5.91 Å². The summed E-state index contributed by atoms with van der Waals surface area (Å²) in [7, 11) is 0. The zero-order valence-electron chi connectivity index (χ0n) is 17.7. The van der Waals surface area contributed by atoms with Crippen LogP contribution >= 0.6 is 11.3 Å². The van der Waals surface area contributed by atoms with Crippen molar-refractivity contribution in [2.75, 3.05) is 0 Å². The normalized spacial score (nSPS) is 13.9. The molecule has 32 heavy (non-hydrogen) atoms. The number of azo groups is 1. The molecule has 0 spiro atoms. The van der Waals surface area contributed by atoms with Crippen LogP contribution in [0.4, 0.5) is 5.69 Å². The van der Waals surface area contributed by atoms with Crippen molar-refractivity contribution in [1.82, 2.24) is 14.1 Å². The van der Waals surface area contributed by atoms with Crippen LogP contribution in [-0.2, 0) is 30.7 Å². The van der Waals surface area contributed by atoms with Crippen molar-refractivity contribution < 1.29 is 9.90 Å². The van der Waals surface area contributed by atoms with Gasteiger partial charge in [-0.25, -0.2) is 4.98 Å². The first kappa shape index (κ1) is 20.6. The largest absolute Gasteiger partial charge is 0.493 e. The maximum absolute atomic E-state index is 13.0. The van der Waals surface area contributed by atoms with Crippen LogP contribution in [0.25, 0.3) is 21.1 Å². The lowest BCUT2D eigenvalue weighted by molar-refractivity contribution is -0.118. The van der Waals surface area contributed by atoms with Gasteiger partial charge in [0.1, 0.15) is 11.4 Å². The molecule has 0 saturated heterocycles. The van der Waals surface area contributed by atoms with Crippen LogP contribution in [0.1, 0.15) is 36.6 Å². The van der Waals surface area contributed by atoms with Crippen LogP contribution in [0.3, 0.4) is 0 Å². The molecule has 3 heterocycles. The molecule has 1 aromatic carbocycles. The van der Waals surface area contributed by atoms with Crippen molar-refractivity contribution in [1.29, 1.82) is 0 Å². The highest BCUT2D eigenvalue weighted by Gasteiger charge is 2.21. The lowest BCUT2D eigenvalue weighted by atomic mass is 9.97.